The van der Waals surface area contributed by atoms with Crippen molar-refractivity contribution in [3.63, 3.8) is 0 Å². The van der Waals surface area contributed by atoms with Crippen molar-refractivity contribution >= 4 is 15.7 Å². The largest absolute Gasteiger partial charge is 0.508 e. The van der Waals surface area contributed by atoms with Crippen LogP contribution >= 0.6 is 0 Å². The molecule has 2 N–H and O–H groups in total. The van der Waals surface area contributed by atoms with E-state index in [1.807, 2.05) is 0 Å². The third-order valence-corrected chi connectivity index (χ3v) is 4.56. The van der Waals surface area contributed by atoms with Gasteiger partial charge in [-0.15, -0.1) is 0 Å². The summed E-state index contributed by atoms with van der Waals surface area (Å²) in [4.78, 5) is -0.101. The molecule has 0 fully saturated rings. The van der Waals surface area contributed by atoms with E-state index in [2.05, 4.69) is 4.72 Å². The molecule has 7 heteroatoms. The lowest BCUT2D eigenvalue weighted by Gasteiger charge is -2.13. The van der Waals surface area contributed by atoms with Gasteiger partial charge in [0.05, 0.1) is 10.6 Å². The SMILES string of the molecule is Cc1cc(F)cc(C)c1S(=O)(=O)Nc1ccc(O)cc1F. The van der Waals surface area contributed by atoms with Crippen LogP contribution in [0.15, 0.2) is 35.2 Å². The molecule has 2 rings (SSSR count). The van der Waals surface area contributed by atoms with Gasteiger partial charge in [-0.1, -0.05) is 0 Å². The van der Waals surface area contributed by atoms with Gasteiger partial charge in [-0.2, -0.15) is 0 Å². The first-order valence-electron chi connectivity index (χ1n) is 5.99. The van der Waals surface area contributed by atoms with E-state index in [-0.39, 0.29) is 27.5 Å². The molecule has 2 aromatic rings. The summed E-state index contributed by atoms with van der Waals surface area (Å²) in [6.07, 6.45) is 0. The molecule has 0 amide bonds. The summed E-state index contributed by atoms with van der Waals surface area (Å²) in [6.45, 7) is 2.91. The van der Waals surface area contributed by atoms with E-state index in [0.29, 0.717) is 0 Å². The highest BCUT2D eigenvalue weighted by atomic mass is 32.2. The van der Waals surface area contributed by atoms with Crippen LogP contribution in [0.1, 0.15) is 11.1 Å². The zero-order chi connectivity index (χ0) is 15.8. The van der Waals surface area contributed by atoms with E-state index in [0.717, 1.165) is 30.3 Å². The number of hydrogen-bond donors (Lipinski definition) is 2. The molecule has 0 saturated heterocycles. The number of aryl methyl sites for hydroxylation is 2. The Morgan fingerprint density at radius 1 is 1.05 bits per heavy atom. The fourth-order valence-corrected chi connectivity index (χ4v) is 3.63. The van der Waals surface area contributed by atoms with Gasteiger partial charge < -0.3 is 5.11 Å². The molecular formula is C14H13F2NO3S. The van der Waals surface area contributed by atoms with Crippen LogP contribution in [-0.4, -0.2) is 13.5 Å². The predicted molar refractivity (Wildman–Crippen MR) is 74.7 cm³/mol. The molecule has 0 saturated carbocycles. The third kappa shape index (κ3) is 3.13. The van der Waals surface area contributed by atoms with Gasteiger partial charge in [-0.05, 0) is 49.2 Å². The van der Waals surface area contributed by atoms with Crippen molar-refractivity contribution in [3.8, 4) is 5.75 Å². The van der Waals surface area contributed by atoms with Crippen molar-refractivity contribution in [1.82, 2.24) is 0 Å². The Balaban J connectivity index is 2.48. The molecule has 0 heterocycles. The van der Waals surface area contributed by atoms with Gasteiger partial charge in [0, 0.05) is 6.07 Å². The molecule has 0 aliphatic rings. The summed E-state index contributed by atoms with van der Waals surface area (Å²) < 4.78 is 53.6. The molecule has 0 bridgehead atoms. The van der Waals surface area contributed by atoms with Crippen molar-refractivity contribution in [2.45, 2.75) is 18.7 Å². The maximum atomic E-state index is 13.6. The Hall–Kier alpha value is -2.15. The highest BCUT2D eigenvalue weighted by molar-refractivity contribution is 7.92. The second-order valence-electron chi connectivity index (χ2n) is 4.64. The van der Waals surface area contributed by atoms with Gasteiger partial charge in [-0.3, -0.25) is 4.72 Å². The summed E-state index contributed by atoms with van der Waals surface area (Å²) in [6, 6.07) is 5.24. The van der Waals surface area contributed by atoms with Crippen LogP contribution in [-0.2, 0) is 10.0 Å². The first kappa shape index (κ1) is 15.2. The van der Waals surface area contributed by atoms with E-state index >= 15 is 0 Å². The van der Waals surface area contributed by atoms with Gasteiger partial charge in [0.1, 0.15) is 11.6 Å². The quantitative estimate of drug-likeness (QED) is 0.856. The van der Waals surface area contributed by atoms with Crippen LogP contribution in [0, 0.1) is 25.5 Å². The van der Waals surface area contributed by atoms with Crippen LogP contribution in [0.2, 0.25) is 0 Å². The monoisotopic (exact) mass is 313 g/mol. The molecule has 4 nitrogen and oxygen atoms in total. The first-order valence-corrected chi connectivity index (χ1v) is 7.47. The minimum atomic E-state index is -4.07. The van der Waals surface area contributed by atoms with Gasteiger partial charge >= 0.3 is 0 Å². The molecule has 0 unspecified atom stereocenters. The molecule has 0 aromatic heterocycles. The van der Waals surface area contributed by atoms with Gasteiger partial charge in [-0.25, -0.2) is 17.2 Å². The number of anilines is 1. The highest BCUT2D eigenvalue weighted by Crippen LogP contribution is 2.26. The van der Waals surface area contributed by atoms with Gasteiger partial charge in [0.25, 0.3) is 10.0 Å². The van der Waals surface area contributed by atoms with Crippen molar-refractivity contribution in [2.75, 3.05) is 4.72 Å². The number of sulfonamides is 1. The number of aromatic hydroxyl groups is 1. The number of halogens is 2. The minimum Gasteiger partial charge on any atom is -0.508 e. The van der Waals surface area contributed by atoms with Crippen molar-refractivity contribution in [1.29, 1.82) is 0 Å². The number of rotatable bonds is 3. The Bertz CT molecular complexity index is 781. The van der Waals surface area contributed by atoms with Crippen molar-refractivity contribution in [3.05, 3.63) is 53.1 Å². The fraction of sp³-hybridized carbons (Fsp3) is 0.143. The molecule has 21 heavy (non-hydrogen) atoms. The van der Waals surface area contributed by atoms with Crippen LogP contribution < -0.4 is 4.72 Å². The Morgan fingerprint density at radius 3 is 2.14 bits per heavy atom. The van der Waals surface area contributed by atoms with Crippen LogP contribution in [0.5, 0.6) is 5.75 Å². The molecule has 2 aromatic carbocycles. The Morgan fingerprint density at radius 2 is 1.62 bits per heavy atom. The molecule has 0 aliphatic heterocycles. The maximum Gasteiger partial charge on any atom is 0.262 e. The van der Waals surface area contributed by atoms with Gasteiger partial charge in [0.2, 0.25) is 0 Å². The molecule has 0 spiro atoms. The standard InChI is InChI=1S/C14H13F2NO3S/c1-8-5-10(15)6-9(2)14(8)21(19,20)17-13-4-3-11(18)7-12(13)16/h3-7,17-18H,1-2H3. The second kappa shape index (κ2) is 5.33. The zero-order valence-electron chi connectivity index (χ0n) is 11.3. The fourth-order valence-electron chi connectivity index (χ4n) is 2.10. The van der Waals surface area contributed by atoms with Gasteiger partial charge in [0.15, 0.2) is 5.82 Å². The zero-order valence-corrected chi connectivity index (χ0v) is 12.1. The first-order chi connectivity index (χ1) is 9.70. The summed E-state index contributed by atoms with van der Waals surface area (Å²) in [5.41, 5.74) is 0.147. The summed E-state index contributed by atoms with van der Waals surface area (Å²) in [7, 11) is -4.07. The number of phenolic OH excluding ortho intramolecular Hbond substituents is 1. The summed E-state index contributed by atoms with van der Waals surface area (Å²) in [5, 5.41) is 9.11. The molecule has 112 valence electrons. The average molecular weight is 313 g/mol. The van der Waals surface area contributed by atoms with Crippen LogP contribution in [0.4, 0.5) is 14.5 Å². The topological polar surface area (TPSA) is 66.4 Å². The van der Waals surface area contributed by atoms with Crippen molar-refractivity contribution < 1.29 is 22.3 Å². The lowest BCUT2D eigenvalue weighted by Crippen LogP contribution is -2.16. The molecular weight excluding hydrogens is 300 g/mol. The normalized spacial score (nSPS) is 11.4. The van der Waals surface area contributed by atoms with Crippen LogP contribution in [0.3, 0.4) is 0 Å². The summed E-state index contributed by atoms with van der Waals surface area (Å²) >= 11 is 0. The lowest BCUT2D eigenvalue weighted by atomic mass is 10.1. The molecule has 0 aliphatic carbocycles. The van der Waals surface area contributed by atoms with E-state index in [1.54, 1.807) is 0 Å². The third-order valence-electron chi connectivity index (χ3n) is 2.89. The number of hydrogen-bond acceptors (Lipinski definition) is 3. The molecule has 0 radical (unpaired) electrons. The van der Waals surface area contributed by atoms with E-state index < -0.39 is 21.7 Å². The maximum absolute atomic E-state index is 13.6. The van der Waals surface area contributed by atoms with Crippen LogP contribution in [0.25, 0.3) is 0 Å². The minimum absolute atomic E-state index is 0.101. The summed E-state index contributed by atoms with van der Waals surface area (Å²) in [5.74, 6) is -1.76. The second-order valence-corrected chi connectivity index (χ2v) is 6.26. The molecule has 0 atom stereocenters. The smallest absolute Gasteiger partial charge is 0.262 e. The number of nitrogens with one attached hydrogen (secondary N) is 1. The number of benzene rings is 2. The van der Waals surface area contributed by atoms with Crippen molar-refractivity contribution in [2.24, 2.45) is 0 Å². The Kier molecular flexibility index (Phi) is 3.87. The van der Waals surface area contributed by atoms with E-state index in [1.165, 1.54) is 13.8 Å². The van der Waals surface area contributed by atoms with E-state index in [4.69, 9.17) is 5.11 Å². The highest BCUT2D eigenvalue weighted by Gasteiger charge is 2.21. The average Bonchev–Trinajstić information content (AvgIpc) is 2.30. The number of phenols is 1. The predicted octanol–water partition coefficient (Wildman–Crippen LogP) is 3.09. The van der Waals surface area contributed by atoms with E-state index in [9.17, 15) is 17.2 Å². The lowest BCUT2D eigenvalue weighted by molar-refractivity contribution is 0.469. The Labute approximate surface area is 121 Å².